The van der Waals surface area contributed by atoms with Crippen molar-refractivity contribution in [3.8, 4) is 0 Å². The number of sulfonamides is 1. The van der Waals surface area contributed by atoms with Crippen molar-refractivity contribution in [2.45, 2.75) is 31.7 Å². The van der Waals surface area contributed by atoms with Gasteiger partial charge in [-0.3, -0.25) is 0 Å². The van der Waals surface area contributed by atoms with E-state index in [-0.39, 0.29) is 17.8 Å². The van der Waals surface area contributed by atoms with Gasteiger partial charge in [0, 0.05) is 11.6 Å². The monoisotopic (exact) mass is 409 g/mol. The van der Waals surface area contributed by atoms with Gasteiger partial charge >= 0.3 is 6.03 Å². The largest absolute Gasteiger partial charge is 0.334 e. The van der Waals surface area contributed by atoms with Gasteiger partial charge in [-0.05, 0) is 42.3 Å². The summed E-state index contributed by atoms with van der Waals surface area (Å²) in [7, 11) is -1.91. The van der Waals surface area contributed by atoms with Crippen molar-refractivity contribution in [1.82, 2.24) is 15.4 Å². The third-order valence-corrected chi connectivity index (χ3v) is 5.72. The number of hydrogen-bond acceptors (Lipinski definition) is 3. The Hall–Kier alpha value is -2.09. The number of hydrogen-bond donors (Lipinski definition) is 3. The van der Waals surface area contributed by atoms with Crippen LogP contribution in [0.5, 0.6) is 0 Å². The van der Waals surface area contributed by atoms with E-state index >= 15 is 0 Å². The van der Waals surface area contributed by atoms with Crippen LogP contribution in [0.25, 0.3) is 0 Å². The molecule has 0 aromatic heterocycles. The Morgan fingerprint density at radius 2 is 1.63 bits per heavy atom. The van der Waals surface area contributed by atoms with Gasteiger partial charge < -0.3 is 10.6 Å². The first-order valence-corrected chi connectivity index (χ1v) is 10.6. The summed E-state index contributed by atoms with van der Waals surface area (Å²) in [5, 5.41) is 6.42. The van der Waals surface area contributed by atoms with E-state index in [1.54, 1.807) is 36.4 Å². The summed E-state index contributed by atoms with van der Waals surface area (Å²) >= 11 is 5.90. The molecule has 0 heterocycles. The highest BCUT2D eigenvalue weighted by molar-refractivity contribution is 7.88. The van der Waals surface area contributed by atoms with E-state index in [0.29, 0.717) is 17.1 Å². The van der Waals surface area contributed by atoms with Crippen LogP contribution in [0, 0.1) is 0 Å². The molecule has 0 bridgehead atoms. The smallest absolute Gasteiger partial charge is 0.315 e. The normalized spacial score (nSPS) is 12.4. The van der Waals surface area contributed by atoms with E-state index in [4.69, 9.17) is 11.6 Å². The number of halogens is 1. The first kappa shape index (κ1) is 21.2. The lowest BCUT2D eigenvalue weighted by Gasteiger charge is -2.18. The lowest BCUT2D eigenvalue weighted by molar-refractivity contribution is 0.236. The maximum absolute atomic E-state index is 12.2. The van der Waals surface area contributed by atoms with E-state index in [9.17, 15) is 13.2 Å². The second kappa shape index (κ2) is 9.73. The lowest BCUT2D eigenvalue weighted by Crippen LogP contribution is -2.37. The van der Waals surface area contributed by atoms with Crippen LogP contribution < -0.4 is 15.4 Å². The summed E-state index contributed by atoms with van der Waals surface area (Å²) in [6.45, 7) is 2.35. The third-order valence-electron chi connectivity index (χ3n) is 4.13. The number of nitrogens with one attached hydrogen (secondary N) is 3. The lowest BCUT2D eigenvalue weighted by atomic mass is 10.1. The van der Waals surface area contributed by atoms with Crippen molar-refractivity contribution in [3.63, 3.8) is 0 Å². The van der Waals surface area contributed by atoms with Crippen LogP contribution in [0.2, 0.25) is 5.02 Å². The molecule has 146 valence electrons. The molecule has 27 heavy (non-hydrogen) atoms. The van der Waals surface area contributed by atoms with Gasteiger partial charge in [0.25, 0.3) is 0 Å². The van der Waals surface area contributed by atoms with Crippen molar-refractivity contribution < 1.29 is 13.2 Å². The van der Waals surface area contributed by atoms with E-state index in [1.807, 2.05) is 19.1 Å². The fourth-order valence-electron chi connectivity index (χ4n) is 2.55. The fourth-order valence-corrected chi connectivity index (χ4v) is 3.45. The molecule has 8 heteroatoms. The van der Waals surface area contributed by atoms with Gasteiger partial charge in [0.2, 0.25) is 10.0 Å². The standard InChI is InChI=1S/C19H24ClN3O3S/c1-3-18(16-8-10-17(20)11-9-16)23-19(24)22-12-14-4-6-15(7-5-14)13-27(25,26)21-2/h4-11,18,21H,3,12-13H2,1-2H3,(H2,22,23,24). The average molecular weight is 410 g/mol. The molecule has 0 fully saturated rings. The Morgan fingerprint density at radius 3 is 2.19 bits per heavy atom. The fraction of sp³-hybridized carbons (Fsp3) is 0.316. The first-order valence-electron chi connectivity index (χ1n) is 8.62. The number of carbonyl (C=O) groups excluding carboxylic acids is 1. The second-order valence-electron chi connectivity index (χ2n) is 6.12. The molecule has 0 aliphatic carbocycles. The topological polar surface area (TPSA) is 87.3 Å². The second-order valence-corrected chi connectivity index (χ2v) is 8.48. The summed E-state index contributed by atoms with van der Waals surface area (Å²) in [5.74, 6) is -0.0725. The molecule has 0 aliphatic heterocycles. The summed E-state index contributed by atoms with van der Waals surface area (Å²) in [4.78, 5) is 12.2. The Kier molecular flexibility index (Phi) is 7.65. The maximum Gasteiger partial charge on any atom is 0.315 e. The molecule has 2 amide bonds. The van der Waals surface area contributed by atoms with E-state index in [2.05, 4.69) is 15.4 Å². The van der Waals surface area contributed by atoms with E-state index in [1.165, 1.54) is 7.05 Å². The van der Waals surface area contributed by atoms with E-state index in [0.717, 1.165) is 17.5 Å². The van der Waals surface area contributed by atoms with Gasteiger partial charge in [-0.15, -0.1) is 0 Å². The van der Waals surface area contributed by atoms with Crippen LogP contribution in [0.1, 0.15) is 36.1 Å². The minimum atomic E-state index is -3.29. The SMILES string of the molecule is CCC(NC(=O)NCc1ccc(CS(=O)(=O)NC)cc1)c1ccc(Cl)cc1. The molecule has 2 aromatic rings. The molecule has 0 spiro atoms. The van der Waals surface area contributed by atoms with Crippen molar-refractivity contribution in [2.24, 2.45) is 0 Å². The zero-order valence-electron chi connectivity index (χ0n) is 15.3. The zero-order valence-corrected chi connectivity index (χ0v) is 16.9. The summed E-state index contributed by atoms with van der Waals surface area (Å²) in [6, 6.07) is 14.1. The predicted octanol–water partition coefficient (Wildman–Crippen LogP) is 3.34. The molecule has 3 N–H and O–H groups in total. The molecule has 0 aliphatic rings. The van der Waals surface area contributed by atoms with Crippen LogP contribution in [-0.4, -0.2) is 21.5 Å². The van der Waals surface area contributed by atoms with Crippen LogP contribution in [0.4, 0.5) is 4.79 Å². The molecule has 0 saturated carbocycles. The first-order chi connectivity index (χ1) is 12.8. The molecule has 0 radical (unpaired) electrons. The molecular weight excluding hydrogens is 386 g/mol. The van der Waals surface area contributed by atoms with Crippen molar-refractivity contribution in [3.05, 3.63) is 70.2 Å². The Balaban J connectivity index is 1.88. The number of benzene rings is 2. The zero-order chi connectivity index (χ0) is 19.9. The predicted molar refractivity (Wildman–Crippen MR) is 108 cm³/mol. The highest BCUT2D eigenvalue weighted by Crippen LogP contribution is 2.19. The maximum atomic E-state index is 12.2. The summed E-state index contributed by atoms with van der Waals surface area (Å²) in [6.07, 6.45) is 0.754. The molecule has 1 unspecified atom stereocenters. The molecule has 1 atom stereocenters. The average Bonchev–Trinajstić information content (AvgIpc) is 2.66. The Bertz CT molecular complexity index is 853. The van der Waals surface area contributed by atoms with Gasteiger partial charge in [0.05, 0.1) is 11.8 Å². The van der Waals surface area contributed by atoms with Crippen LogP contribution >= 0.6 is 11.6 Å². The van der Waals surface area contributed by atoms with Crippen LogP contribution in [-0.2, 0) is 22.3 Å². The Morgan fingerprint density at radius 1 is 1.04 bits per heavy atom. The molecule has 6 nitrogen and oxygen atoms in total. The minimum Gasteiger partial charge on any atom is -0.334 e. The van der Waals surface area contributed by atoms with Gasteiger partial charge in [-0.25, -0.2) is 17.9 Å². The van der Waals surface area contributed by atoms with Crippen LogP contribution in [0.15, 0.2) is 48.5 Å². The van der Waals surface area contributed by atoms with Gasteiger partial charge in [-0.1, -0.05) is 54.9 Å². The van der Waals surface area contributed by atoms with Gasteiger partial charge in [-0.2, -0.15) is 0 Å². The van der Waals surface area contributed by atoms with Crippen molar-refractivity contribution >= 4 is 27.7 Å². The summed E-state index contributed by atoms with van der Waals surface area (Å²) in [5.41, 5.74) is 2.56. The molecule has 2 rings (SSSR count). The third kappa shape index (κ3) is 6.86. The quantitative estimate of drug-likeness (QED) is 0.624. The van der Waals surface area contributed by atoms with Gasteiger partial charge in [0.1, 0.15) is 0 Å². The molecular formula is C19H24ClN3O3S. The minimum absolute atomic E-state index is 0.0725. The highest BCUT2D eigenvalue weighted by atomic mass is 35.5. The van der Waals surface area contributed by atoms with E-state index < -0.39 is 10.0 Å². The van der Waals surface area contributed by atoms with Crippen molar-refractivity contribution in [1.29, 1.82) is 0 Å². The Labute approximate surface area is 165 Å². The molecule has 0 saturated heterocycles. The number of urea groups is 1. The number of amides is 2. The summed E-state index contributed by atoms with van der Waals surface area (Å²) < 4.78 is 25.4. The highest BCUT2D eigenvalue weighted by Gasteiger charge is 2.12. The molecule has 2 aromatic carbocycles. The van der Waals surface area contributed by atoms with Gasteiger partial charge in [0.15, 0.2) is 0 Å². The number of carbonyl (C=O) groups is 1. The number of rotatable bonds is 8. The van der Waals surface area contributed by atoms with Crippen molar-refractivity contribution in [2.75, 3.05) is 7.05 Å². The van der Waals surface area contributed by atoms with Crippen LogP contribution in [0.3, 0.4) is 0 Å².